The van der Waals surface area contributed by atoms with E-state index in [9.17, 15) is 28.0 Å². The molecule has 8 nitrogen and oxygen atoms in total. The first-order chi connectivity index (χ1) is 13.1. The molecule has 1 aliphatic rings. The van der Waals surface area contributed by atoms with E-state index in [1.807, 2.05) is 5.32 Å². The van der Waals surface area contributed by atoms with Crippen LogP contribution in [0.4, 0.5) is 13.2 Å². The van der Waals surface area contributed by atoms with E-state index in [0.29, 0.717) is 0 Å². The van der Waals surface area contributed by atoms with Crippen LogP contribution >= 0.6 is 0 Å². The molecule has 2 N–H and O–H groups in total. The molecule has 1 aliphatic heterocycles. The molecule has 0 saturated heterocycles. The van der Waals surface area contributed by atoms with Gasteiger partial charge in [-0.05, 0) is 19.1 Å². The first-order valence-corrected chi connectivity index (χ1v) is 7.70. The molecular formula is C17H16F3N3O5. The Hall–Kier alpha value is -3.42. The highest BCUT2D eigenvalue weighted by molar-refractivity contribution is 6.06. The molecule has 0 fully saturated rings. The Morgan fingerprint density at radius 2 is 1.79 bits per heavy atom. The van der Waals surface area contributed by atoms with Gasteiger partial charge < -0.3 is 24.8 Å². The van der Waals surface area contributed by atoms with Gasteiger partial charge >= 0.3 is 6.18 Å². The molecule has 1 aromatic carbocycles. The highest BCUT2D eigenvalue weighted by Gasteiger charge is 2.67. The third kappa shape index (κ3) is 2.96. The van der Waals surface area contributed by atoms with Crippen LogP contribution in [0.15, 0.2) is 23.4 Å². The molecule has 0 bridgehead atoms. The maximum absolute atomic E-state index is 13.9. The first kappa shape index (κ1) is 20.9. The second-order valence-electron chi connectivity index (χ2n) is 5.65. The van der Waals surface area contributed by atoms with Crippen LogP contribution in [0.2, 0.25) is 0 Å². The van der Waals surface area contributed by atoms with Crippen molar-refractivity contribution < 1.29 is 37.0 Å². The standard InChI is InChI=1S/C17H16F3N3O5/c1-8-10(7-21)16(15(25)22-8,17(18,19)20)23-14(24)9-5-6-11(26-2)13(28-4)12(9)27-3/h5-6H,1-4H3,(H,22,25)(H,23,24)/t16-/m0/s1. The second-order valence-corrected chi connectivity index (χ2v) is 5.65. The lowest BCUT2D eigenvalue weighted by Gasteiger charge is -2.30. The summed E-state index contributed by atoms with van der Waals surface area (Å²) in [5.41, 5.74) is -5.12. The van der Waals surface area contributed by atoms with Crippen LogP contribution in [0, 0.1) is 11.3 Å². The van der Waals surface area contributed by atoms with Crippen molar-refractivity contribution in [2.75, 3.05) is 21.3 Å². The van der Waals surface area contributed by atoms with Crippen molar-refractivity contribution in [3.8, 4) is 23.3 Å². The van der Waals surface area contributed by atoms with Crippen molar-refractivity contribution in [2.24, 2.45) is 0 Å². The molecule has 1 heterocycles. The van der Waals surface area contributed by atoms with E-state index in [1.54, 1.807) is 5.32 Å². The molecule has 0 aliphatic carbocycles. The molecule has 0 spiro atoms. The number of allylic oxidation sites excluding steroid dienone is 1. The smallest absolute Gasteiger partial charge is 0.425 e. The minimum Gasteiger partial charge on any atom is -0.493 e. The van der Waals surface area contributed by atoms with E-state index in [1.165, 1.54) is 33.5 Å². The van der Waals surface area contributed by atoms with Crippen molar-refractivity contribution >= 4 is 11.8 Å². The molecule has 0 unspecified atom stereocenters. The Bertz CT molecular complexity index is 905. The molecule has 11 heteroatoms. The molecule has 0 saturated carbocycles. The maximum Gasteiger partial charge on any atom is 0.425 e. The molecule has 150 valence electrons. The second kappa shape index (κ2) is 7.30. The van der Waals surface area contributed by atoms with E-state index in [4.69, 9.17) is 14.2 Å². The highest BCUT2D eigenvalue weighted by atomic mass is 19.4. The third-order valence-electron chi connectivity index (χ3n) is 4.18. The zero-order valence-corrected chi connectivity index (χ0v) is 15.3. The number of carbonyl (C=O) groups excluding carboxylic acids is 2. The van der Waals surface area contributed by atoms with E-state index < -0.39 is 29.1 Å². The minimum atomic E-state index is -5.28. The van der Waals surface area contributed by atoms with Gasteiger partial charge in [0.05, 0.1) is 38.5 Å². The van der Waals surface area contributed by atoms with Crippen LogP contribution in [0.3, 0.4) is 0 Å². The van der Waals surface area contributed by atoms with Gasteiger partial charge in [-0.25, -0.2) is 0 Å². The summed E-state index contributed by atoms with van der Waals surface area (Å²) < 4.78 is 56.8. The number of alkyl halides is 3. The maximum atomic E-state index is 13.9. The van der Waals surface area contributed by atoms with Crippen LogP contribution in [-0.4, -0.2) is 44.9 Å². The SMILES string of the molecule is COc1ccc(C(=O)N[C@]2(C(F)(F)F)C(=O)NC(C)=C2C#N)c(OC)c1OC. The highest BCUT2D eigenvalue weighted by Crippen LogP contribution is 2.43. The van der Waals surface area contributed by atoms with Gasteiger partial charge in [0.1, 0.15) is 0 Å². The summed E-state index contributed by atoms with van der Waals surface area (Å²) in [5.74, 6) is -2.93. The van der Waals surface area contributed by atoms with Gasteiger partial charge in [0, 0.05) is 5.70 Å². The molecule has 2 amide bonds. The average molecular weight is 399 g/mol. The van der Waals surface area contributed by atoms with Gasteiger partial charge in [-0.15, -0.1) is 0 Å². The fourth-order valence-electron chi connectivity index (χ4n) is 2.87. The predicted octanol–water partition coefficient (Wildman–Crippen LogP) is 1.67. The normalized spacial score (nSPS) is 19.0. The van der Waals surface area contributed by atoms with Gasteiger partial charge in [0.2, 0.25) is 5.75 Å². The third-order valence-corrected chi connectivity index (χ3v) is 4.18. The van der Waals surface area contributed by atoms with E-state index in [0.717, 1.165) is 13.0 Å². The number of rotatable bonds is 5. The zero-order chi connectivity index (χ0) is 21.3. The fraction of sp³-hybridized carbons (Fsp3) is 0.353. The number of carbonyl (C=O) groups is 2. The lowest BCUT2D eigenvalue weighted by molar-refractivity contribution is -0.184. The first-order valence-electron chi connectivity index (χ1n) is 7.70. The summed E-state index contributed by atoms with van der Waals surface area (Å²) in [6.45, 7) is 1.13. The van der Waals surface area contributed by atoms with Crippen molar-refractivity contribution in [3.63, 3.8) is 0 Å². The summed E-state index contributed by atoms with van der Waals surface area (Å²) in [4.78, 5) is 24.9. The zero-order valence-electron chi connectivity index (χ0n) is 15.3. The van der Waals surface area contributed by atoms with Crippen LogP contribution in [0.25, 0.3) is 0 Å². The Kier molecular flexibility index (Phi) is 5.45. The lowest BCUT2D eigenvalue weighted by Crippen LogP contribution is -2.64. The largest absolute Gasteiger partial charge is 0.493 e. The summed E-state index contributed by atoms with van der Waals surface area (Å²) in [6.07, 6.45) is -5.28. The van der Waals surface area contributed by atoms with Gasteiger partial charge in [-0.1, -0.05) is 0 Å². The number of hydrogen-bond donors (Lipinski definition) is 2. The summed E-state index contributed by atoms with van der Waals surface area (Å²) >= 11 is 0. The molecule has 2 rings (SSSR count). The molecular weight excluding hydrogens is 383 g/mol. The van der Waals surface area contributed by atoms with E-state index in [2.05, 4.69) is 0 Å². The molecule has 1 atom stereocenters. The van der Waals surface area contributed by atoms with Gasteiger partial charge in [0.25, 0.3) is 17.4 Å². The number of benzene rings is 1. The van der Waals surface area contributed by atoms with Crippen LogP contribution in [0.5, 0.6) is 17.2 Å². The number of amides is 2. The Morgan fingerprint density at radius 3 is 2.25 bits per heavy atom. The number of hydrogen-bond acceptors (Lipinski definition) is 6. The van der Waals surface area contributed by atoms with Crippen molar-refractivity contribution in [1.29, 1.82) is 5.26 Å². The molecule has 0 aromatic heterocycles. The van der Waals surface area contributed by atoms with E-state index in [-0.39, 0.29) is 28.5 Å². The molecule has 1 aromatic rings. The lowest BCUT2D eigenvalue weighted by atomic mass is 9.89. The summed E-state index contributed by atoms with van der Waals surface area (Å²) in [7, 11) is 3.76. The minimum absolute atomic E-state index is 0.0261. The number of methoxy groups -OCH3 is 3. The Balaban J connectivity index is 2.62. The number of ether oxygens (including phenoxy) is 3. The predicted molar refractivity (Wildman–Crippen MR) is 88.8 cm³/mol. The van der Waals surface area contributed by atoms with Crippen molar-refractivity contribution in [3.05, 3.63) is 29.0 Å². The number of nitrogens with one attached hydrogen (secondary N) is 2. The fourth-order valence-corrected chi connectivity index (χ4v) is 2.87. The van der Waals surface area contributed by atoms with Crippen LogP contribution in [0.1, 0.15) is 17.3 Å². The van der Waals surface area contributed by atoms with Crippen LogP contribution < -0.4 is 24.8 Å². The van der Waals surface area contributed by atoms with Crippen LogP contribution in [-0.2, 0) is 4.79 Å². The number of nitrogens with zero attached hydrogens (tertiary/aromatic N) is 1. The van der Waals surface area contributed by atoms with Gasteiger partial charge in [0.15, 0.2) is 11.5 Å². The topological polar surface area (TPSA) is 110 Å². The summed E-state index contributed by atoms with van der Waals surface area (Å²) in [6, 6.07) is 3.79. The monoisotopic (exact) mass is 399 g/mol. The quantitative estimate of drug-likeness (QED) is 0.780. The Morgan fingerprint density at radius 1 is 1.18 bits per heavy atom. The number of nitriles is 1. The Labute approximate surface area is 157 Å². The van der Waals surface area contributed by atoms with E-state index >= 15 is 0 Å². The number of halogens is 3. The summed E-state index contributed by atoms with van der Waals surface area (Å²) in [5, 5.41) is 12.8. The van der Waals surface area contributed by atoms with Gasteiger partial charge in [-0.2, -0.15) is 18.4 Å². The molecule has 28 heavy (non-hydrogen) atoms. The van der Waals surface area contributed by atoms with Crippen molar-refractivity contribution in [2.45, 2.75) is 18.6 Å². The average Bonchev–Trinajstić information content (AvgIpc) is 2.89. The van der Waals surface area contributed by atoms with Crippen molar-refractivity contribution in [1.82, 2.24) is 10.6 Å². The van der Waals surface area contributed by atoms with Gasteiger partial charge in [-0.3, -0.25) is 9.59 Å². The molecule has 0 radical (unpaired) electrons.